The van der Waals surface area contributed by atoms with Crippen molar-refractivity contribution in [3.05, 3.63) is 83.6 Å². The van der Waals surface area contributed by atoms with Crippen molar-refractivity contribution in [3.8, 4) is 5.75 Å². The molecule has 4 aromatic rings. The van der Waals surface area contributed by atoms with Gasteiger partial charge < -0.3 is 19.0 Å². The van der Waals surface area contributed by atoms with E-state index in [0.29, 0.717) is 18.7 Å². The quantitative estimate of drug-likeness (QED) is 0.413. The van der Waals surface area contributed by atoms with E-state index in [9.17, 15) is 4.79 Å². The third kappa shape index (κ3) is 4.32. The highest BCUT2D eigenvalue weighted by atomic mass is 16.5. The Kier molecular flexibility index (Phi) is 6.16. The Morgan fingerprint density at radius 1 is 1.09 bits per heavy atom. The third-order valence-corrected chi connectivity index (χ3v) is 5.50. The number of carbonyl (C=O) groups is 1. The van der Waals surface area contributed by atoms with Gasteiger partial charge in [0, 0.05) is 26.8 Å². The van der Waals surface area contributed by atoms with Crippen LogP contribution in [-0.2, 0) is 19.5 Å². The number of fused-ring (bicyclic) bond motifs is 1. The van der Waals surface area contributed by atoms with Gasteiger partial charge in [0.2, 0.25) is 0 Å². The van der Waals surface area contributed by atoms with E-state index in [1.165, 1.54) is 0 Å². The van der Waals surface area contributed by atoms with Crippen molar-refractivity contribution in [2.75, 3.05) is 26.1 Å². The SMILES string of the molecule is CCc1nc2ccc(C(=O)N(C)Cc3ccco3)cn2c1N(C)Cc1ccc(OC)cc1. The van der Waals surface area contributed by atoms with Crippen LogP contribution in [0.25, 0.3) is 5.65 Å². The maximum absolute atomic E-state index is 13.0. The highest BCUT2D eigenvalue weighted by Crippen LogP contribution is 2.25. The first-order valence-electron chi connectivity index (χ1n) is 10.6. The van der Waals surface area contributed by atoms with Crippen molar-refractivity contribution < 1.29 is 13.9 Å². The number of pyridine rings is 1. The van der Waals surface area contributed by atoms with E-state index >= 15 is 0 Å². The molecule has 32 heavy (non-hydrogen) atoms. The number of methoxy groups -OCH3 is 1. The van der Waals surface area contributed by atoms with Crippen LogP contribution in [0.15, 0.2) is 65.4 Å². The smallest absolute Gasteiger partial charge is 0.255 e. The van der Waals surface area contributed by atoms with E-state index in [1.807, 2.05) is 54.0 Å². The average molecular weight is 433 g/mol. The minimum Gasteiger partial charge on any atom is -0.497 e. The molecule has 0 N–H and O–H groups in total. The van der Waals surface area contributed by atoms with Gasteiger partial charge in [-0.1, -0.05) is 19.1 Å². The zero-order chi connectivity index (χ0) is 22.7. The Balaban J connectivity index is 1.63. The number of amides is 1. The number of benzene rings is 1. The van der Waals surface area contributed by atoms with Gasteiger partial charge in [0.05, 0.1) is 31.2 Å². The summed E-state index contributed by atoms with van der Waals surface area (Å²) < 4.78 is 12.6. The Hall–Kier alpha value is -3.74. The molecule has 1 amide bonds. The minimum absolute atomic E-state index is 0.0706. The topological polar surface area (TPSA) is 63.2 Å². The molecule has 166 valence electrons. The molecule has 0 saturated heterocycles. The maximum Gasteiger partial charge on any atom is 0.255 e. The summed E-state index contributed by atoms with van der Waals surface area (Å²) in [5.41, 5.74) is 3.58. The standard InChI is InChI=1S/C25H28N4O3/c1-5-22-24(27(2)15-18-8-11-20(31-4)12-9-18)29-16-19(10-13-23(29)26-22)25(30)28(3)17-21-7-6-14-32-21/h6-14,16H,5,15,17H2,1-4H3. The predicted molar refractivity (Wildman–Crippen MR) is 124 cm³/mol. The van der Waals surface area contributed by atoms with Crippen molar-refractivity contribution in [1.82, 2.24) is 14.3 Å². The second-order valence-corrected chi connectivity index (χ2v) is 7.83. The van der Waals surface area contributed by atoms with Crippen LogP contribution < -0.4 is 9.64 Å². The van der Waals surface area contributed by atoms with Crippen molar-refractivity contribution >= 4 is 17.4 Å². The van der Waals surface area contributed by atoms with Crippen LogP contribution in [0.1, 0.15) is 34.3 Å². The predicted octanol–water partition coefficient (Wildman–Crippen LogP) is 4.41. The second-order valence-electron chi connectivity index (χ2n) is 7.83. The number of rotatable bonds is 8. The summed E-state index contributed by atoms with van der Waals surface area (Å²) in [6, 6.07) is 15.5. The molecule has 3 heterocycles. The van der Waals surface area contributed by atoms with Gasteiger partial charge in [0.25, 0.3) is 5.91 Å². The van der Waals surface area contributed by atoms with Crippen molar-refractivity contribution in [2.24, 2.45) is 0 Å². The summed E-state index contributed by atoms with van der Waals surface area (Å²) in [5.74, 6) is 2.50. The summed E-state index contributed by atoms with van der Waals surface area (Å²) >= 11 is 0. The van der Waals surface area contributed by atoms with Gasteiger partial charge in [0.15, 0.2) is 0 Å². The fourth-order valence-corrected chi connectivity index (χ4v) is 3.86. The largest absolute Gasteiger partial charge is 0.497 e. The molecule has 0 aliphatic heterocycles. The summed E-state index contributed by atoms with van der Waals surface area (Å²) in [7, 11) is 5.49. The monoisotopic (exact) mass is 432 g/mol. The van der Waals surface area contributed by atoms with Gasteiger partial charge in [-0.15, -0.1) is 0 Å². The van der Waals surface area contributed by atoms with E-state index in [0.717, 1.165) is 40.7 Å². The number of anilines is 1. The van der Waals surface area contributed by atoms with Crippen LogP contribution in [0.2, 0.25) is 0 Å². The van der Waals surface area contributed by atoms with E-state index in [-0.39, 0.29) is 5.91 Å². The summed E-state index contributed by atoms with van der Waals surface area (Å²) in [6.45, 7) is 3.22. The van der Waals surface area contributed by atoms with Crippen LogP contribution in [0.3, 0.4) is 0 Å². The molecule has 0 aliphatic carbocycles. The molecule has 7 nitrogen and oxygen atoms in total. The van der Waals surface area contributed by atoms with E-state index in [4.69, 9.17) is 14.1 Å². The highest BCUT2D eigenvalue weighted by Gasteiger charge is 2.19. The molecule has 0 radical (unpaired) electrons. The first kappa shape index (κ1) is 21.5. The molecular weight excluding hydrogens is 404 g/mol. The molecule has 0 saturated carbocycles. The number of aryl methyl sites for hydroxylation is 1. The molecule has 0 unspecified atom stereocenters. The lowest BCUT2D eigenvalue weighted by atomic mass is 10.2. The van der Waals surface area contributed by atoms with Crippen LogP contribution in [0.5, 0.6) is 5.75 Å². The highest BCUT2D eigenvalue weighted by molar-refractivity contribution is 5.94. The molecular formula is C25H28N4O3. The summed E-state index contributed by atoms with van der Waals surface area (Å²) in [6.07, 6.45) is 4.29. The lowest BCUT2D eigenvalue weighted by molar-refractivity contribution is 0.0775. The van der Waals surface area contributed by atoms with Crippen LogP contribution >= 0.6 is 0 Å². The van der Waals surface area contributed by atoms with Gasteiger partial charge in [0.1, 0.15) is 23.0 Å². The van der Waals surface area contributed by atoms with Crippen LogP contribution in [0, 0.1) is 0 Å². The molecule has 7 heteroatoms. The molecule has 0 fully saturated rings. The molecule has 0 atom stereocenters. The number of imidazole rings is 1. The number of hydrogen-bond acceptors (Lipinski definition) is 5. The zero-order valence-corrected chi connectivity index (χ0v) is 18.9. The average Bonchev–Trinajstić information content (AvgIpc) is 3.45. The van der Waals surface area contributed by atoms with Gasteiger partial charge in [-0.2, -0.15) is 0 Å². The first-order valence-corrected chi connectivity index (χ1v) is 10.6. The number of furan rings is 1. The Bertz CT molecular complexity index is 1200. The Morgan fingerprint density at radius 3 is 2.53 bits per heavy atom. The summed E-state index contributed by atoms with van der Waals surface area (Å²) in [5, 5.41) is 0. The lowest BCUT2D eigenvalue weighted by Gasteiger charge is -2.21. The van der Waals surface area contributed by atoms with Gasteiger partial charge in [-0.05, 0) is 48.4 Å². The van der Waals surface area contributed by atoms with Crippen LogP contribution in [0.4, 0.5) is 5.82 Å². The molecule has 0 spiro atoms. The number of hydrogen-bond donors (Lipinski definition) is 0. The molecule has 3 aromatic heterocycles. The number of aromatic nitrogens is 2. The number of nitrogens with zero attached hydrogens (tertiary/aromatic N) is 4. The minimum atomic E-state index is -0.0706. The third-order valence-electron chi connectivity index (χ3n) is 5.50. The van der Waals surface area contributed by atoms with E-state index in [1.54, 1.807) is 25.3 Å². The van der Waals surface area contributed by atoms with Gasteiger partial charge >= 0.3 is 0 Å². The first-order chi connectivity index (χ1) is 15.5. The maximum atomic E-state index is 13.0. The second kappa shape index (κ2) is 9.18. The Labute approximate surface area is 187 Å². The van der Waals surface area contributed by atoms with Crippen LogP contribution in [-0.4, -0.2) is 41.4 Å². The molecule has 0 aliphatic rings. The number of carbonyl (C=O) groups excluding carboxylic acids is 1. The normalized spacial score (nSPS) is 11.0. The molecule has 4 rings (SSSR count). The van der Waals surface area contributed by atoms with Crippen molar-refractivity contribution in [3.63, 3.8) is 0 Å². The fourth-order valence-electron chi connectivity index (χ4n) is 3.86. The van der Waals surface area contributed by atoms with E-state index < -0.39 is 0 Å². The van der Waals surface area contributed by atoms with Crippen molar-refractivity contribution in [2.45, 2.75) is 26.4 Å². The van der Waals surface area contributed by atoms with E-state index in [2.05, 4.69) is 24.0 Å². The van der Waals surface area contributed by atoms with Crippen molar-refractivity contribution in [1.29, 1.82) is 0 Å². The Morgan fingerprint density at radius 2 is 1.88 bits per heavy atom. The van der Waals surface area contributed by atoms with Gasteiger partial charge in [-0.25, -0.2) is 4.98 Å². The number of ether oxygens (including phenoxy) is 1. The zero-order valence-electron chi connectivity index (χ0n) is 18.9. The lowest BCUT2D eigenvalue weighted by Crippen LogP contribution is -2.26. The summed E-state index contributed by atoms with van der Waals surface area (Å²) in [4.78, 5) is 21.7. The molecule has 0 bridgehead atoms. The fraction of sp³-hybridized carbons (Fsp3) is 0.280. The van der Waals surface area contributed by atoms with Gasteiger partial charge in [-0.3, -0.25) is 9.20 Å². The molecule has 1 aromatic carbocycles.